The normalized spacial score (nSPS) is 16.6. The van der Waals surface area contributed by atoms with Crippen LogP contribution in [0, 0.1) is 0 Å². The fraction of sp³-hybridized carbons (Fsp3) is 0.556. The molecule has 150 valence electrons. The molecule has 0 unspecified atom stereocenters. The smallest absolute Gasteiger partial charge is 0.410 e. The number of hydrogen-bond acceptors (Lipinski definition) is 4. The molecule has 1 heterocycles. The van der Waals surface area contributed by atoms with Crippen molar-refractivity contribution in [2.24, 2.45) is 4.40 Å². The fourth-order valence-corrected chi connectivity index (χ4v) is 3.10. The Bertz CT molecular complexity index is 777. The molecule has 1 aliphatic heterocycles. The maximum atomic E-state index is 12.3. The van der Waals surface area contributed by atoms with Gasteiger partial charge in [0.15, 0.2) is 0 Å². The molecule has 0 radical (unpaired) electrons. The summed E-state index contributed by atoms with van der Waals surface area (Å²) in [5.41, 5.74) is 0.165. The lowest BCUT2D eigenvalue weighted by Crippen LogP contribution is -2.52. The standard InChI is InChI=1S/C18H28N4O4S/c1-18(2,3)26-17(23)22-13-11-21(12-14-22)16(15-9-7-6-8-10-15)19-27(24,25)20(4)5/h6-10H,11-14H2,1-5H3/b19-16+. The molecule has 0 spiro atoms. The number of piperazine rings is 1. The number of hydrogen-bond donors (Lipinski definition) is 0. The SMILES string of the molecule is CN(C)S(=O)(=O)/N=C(\c1ccccc1)N1CCN(C(=O)OC(C)(C)C)CC1. The third-order valence-corrected chi connectivity index (χ3v) is 5.25. The van der Waals surface area contributed by atoms with Gasteiger partial charge in [-0.25, -0.2) is 4.79 Å². The zero-order valence-corrected chi connectivity index (χ0v) is 17.4. The molecule has 0 aromatic heterocycles. The van der Waals surface area contributed by atoms with Gasteiger partial charge in [0.25, 0.3) is 0 Å². The maximum absolute atomic E-state index is 12.3. The van der Waals surface area contributed by atoms with Gasteiger partial charge in [-0.05, 0) is 20.8 Å². The van der Waals surface area contributed by atoms with Crippen molar-refractivity contribution in [3.63, 3.8) is 0 Å². The molecule has 1 aromatic rings. The van der Waals surface area contributed by atoms with E-state index in [1.807, 2.05) is 56.0 Å². The van der Waals surface area contributed by atoms with Gasteiger partial charge in [-0.15, -0.1) is 4.40 Å². The highest BCUT2D eigenvalue weighted by molar-refractivity contribution is 7.87. The van der Waals surface area contributed by atoms with Crippen LogP contribution in [0.4, 0.5) is 4.79 Å². The van der Waals surface area contributed by atoms with Crippen LogP contribution in [0.3, 0.4) is 0 Å². The Morgan fingerprint density at radius 2 is 1.56 bits per heavy atom. The Kier molecular flexibility index (Phi) is 6.48. The molecule has 0 atom stereocenters. The Balaban J connectivity index is 2.20. The van der Waals surface area contributed by atoms with E-state index in [2.05, 4.69) is 4.40 Å². The Hall–Kier alpha value is -2.13. The molecule has 8 nitrogen and oxygen atoms in total. The minimum absolute atomic E-state index is 0.360. The molecule has 0 N–H and O–H groups in total. The third-order valence-electron chi connectivity index (χ3n) is 3.93. The molecule has 0 saturated carbocycles. The van der Waals surface area contributed by atoms with E-state index in [-0.39, 0.29) is 6.09 Å². The van der Waals surface area contributed by atoms with Gasteiger partial charge in [-0.2, -0.15) is 12.7 Å². The minimum Gasteiger partial charge on any atom is -0.444 e. The molecule has 1 fully saturated rings. The van der Waals surface area contributed by atoms with Crippen LogP contribution in [-0.2, 0) is 14.9 Å². The summed E-state index contributed by atoms with van der Waals surface area (Å²) in [6.07, 6.45) is -0.360. The average molecular weight is 397 g/mol. The zero-order valence-electron chi connectivity index (χ0n) is 16.5. The van der Waals surface area contributed by atoms with Gasteiger partial charge < -0.3 is 14.5 Å². The van der Waals surface area contributed by atoms with Crippen molar-refractivity contribution in [2.45, 2.75) is 26.4 Å². The van der Waals surface area contributed by atoms with E-state index < -0.39 is 15.8 Å². The van der Waals surface area contributed by atoms with Crippen LogP contribution >= 0.6 is 0 Å². The number of nitrogens with zero attached hydrogens (tertiary/aromatic N) is 4. The van der Waals surface area contributed by atoms with Gasteiger partial charge in [-0.3, -0.25) is 0 Å². The summed E-state index contributed by atoms with van der Waals surface area (Å²) in [6, 6.07) is 9.19. The van der Waals surface area contributed by atoms with Gasteiger partial charge in [-0.1, -0.05) is 30.3 Å². The van der Waals surface area contributed by atoms with E-state index in [1.165, 1.54) is 14.1 Å². The van der Waals surface area contributed by atoms with Crippen LogP contribution in [-0.4, -0.2) is 80.3 Å². The van der Waals surface area contributed by atoms with E-state index in [9.17, 15) is 13.2 Å². The molecular formula is C18H28N4O4S. The summed E-state index contributed by atoms with van der Waals surface area (Å²) in [4.78, 5) is 15.7. The van der Waals surface area contributed by atoms with Crippen molar-refractivity contribution in [3.8, 4) is 0 Å². The van der Waals surface area contributed by atoms with Crippen molar-refractivity contribution in [1.82, 2.24) is 14.1 Å². The molecule has 1 aliphatic rings. The van der Waals surface area contributed by atoms with Crippen LogP contribution in [0.5, 0.6) is 0 Å². The predicted molar refractivity (Wildman–Crippen MR) is 105 cm³/mol. The Morgan fingerprint density at radius 1 is 1.04 bits per heavy atom. The quantitative estimate of drug-likeness (QED) is 0.575. The first kappa shape index (κ1) is 21.2. The van der Waals surface area contributed by atoms with Crippen LogP contribution in [0.15, 0.2) is 34.7 Å². The number of ether oxygens (including phenoxy) is 1. The average Bonchev–Trinajstić information content (AvgIpc) is 2.59. The third kappa shape index (κ3) is 5.93. The molecule has 2 rings (SSSR count). The maximum Gasteiger partial charge on any atom is 0.410 e. The second-order valence-corrected chi connectivity index (χ2v) is 9.30. The first-order valence-corrected chi connectivity index (χ1v) is 10.2. The van der Waals surface area contributed by atoms with Crippen LogP contribution in [0.25, 0.3) is 0 Å². The summed E-state index contributed by atoms with van der Waals surface area (Å²) in [6.45, 7) is 7.28. The Labute approximate surface area is 161 Å². The fourth-order valence-electron chi connectivity index (χ4n) is 2.50. The van der Waals surface area contributed by atoms with Crippen LogP contribution < -0.4 is 0 Å². The lowest BCUT2D eigenvalue weighted by Gasteiger charge is -2.37. The number of amides is 1. The van der Waals surface area contributed by atoms with Crippen molar-refractivity contribution in [2.75, 3.05) is 40.3 Å². The molecule has 9 heteroatoms. The highest BCUT2D eigenvalue weighted by atomic mass is 32.2. The van der Waals surface area contributed by atoms with Gasteiger partial charge in [0, 0.05) is 45.8 Å². The monoisotopic (exact) mass is 396 g/mol. The minimum atomic E-state index is -3.77. The lowest BCUT2D eigenvalue weighted by atomic mass is 10.1. The summed E-state index contributed by atoms with van der Waals surface area (Å²) >= 11 is 0. The molecular weight excluding hydrogens is 368 g/mol. The number of carbonyl (C=O) groups is 1. The highest BCUT2D eigenvalue weighted by Crippen LogP contribution is 2.15. The van der Waals surface area contributed by atoms with E-state index >= 15 is 0 Å². The number of rotatable bonds is 3. The van der Waals surface area contributed by atoms with Crippen LogP contribution in [0.2, 0.25) is 0 Å². The van der Waals surface area contributed by atoms with E-state index in [1.54, 1.807) is 4.90 Å². The highest BCUT2D eigenvalue weighted by Gasteiger charge is 2.28. The van der Waals surface area contributed by atoms with Crippen molar-refractivity contribution >= 4 is 22.1 Å². The largest absolute Gasteiger partial charge is 0.444 e. The topological polar surface area (TPSA) is 82.5 Å². The summed E-state index contributed by atoms with van der Waals surface area (Å²) in [5.74, 6) is 0.383. The Morgan fingerprint density at radius 3 is 2.04 bits per heavy atom. The van der Waals surface area contributed by atoms with E-state index in [4.69, 9.17) is 4.74 Å². The van der Waals surface area contributed by atoms with Crippen molar-refractivity contribution in [1.29, 1.82) is 0 Å². The van der Waals surface area contributed by atoms with Gasteiger partial charge in [0.05, 0.1) is 0 Å². The molecule has 1 aromatic carbocycles. The summed E-state index contributed by atoms with van der Waals surface area (Å²) < 4.78 is 35.1. The summed E-state index contributed by atoms with van der Waals surface area (Å²) in [7, 11) is -0.882. The lowest BCUT2D eigenvalue weighted by molar-refractivity contribution is 0.0187. The molecule has 27 heavy (non-hydrogen) atoms. The number of amidine groups is 1. The van der Waals surface area contributed by atoms with Crippen molar-refractivity contribution in [3.05, 3.63) is 35.9 Å². The first-order chi connectivity index (χ1) is 12.5. The van der Waals surface area contributed by atoms with E-state index in [0.717, 1.165) is 4.31 Å². The van der Waals surface area contributed by atoms with Gasteiger partial charge in [0.1, 0.15) is 11.4 Å². The molecule has 0 aliphatic carbocycles. The predicted octanol–water partition coefficient (Wildman–Crippen LogP) is 1.79. The number of carbonyl (C=O) groups excluding carboxylic acids is 1. The second kappa shape index (κ2) is 8.26. The van der Waals surface area contributed by atoms with E-state index in [0.29, 0.717) is 37.6 Å². The molecule has 1 amide bonds. The van der Waals surface area contributed by atoms with Gasteiger partial charge in [0.2, 0.25) is 0 Å². The summed E-state index contributed by atoms with van der Waals surface area (Å²) in [5, 5.41) is 0. The second-order valence-electron chi connectivity index (χ2n) is 7.50. The van der Waals surface area contributed by atoms with Crippen molar-refractivity contribution < 1.29 is 17.9 Å². The zero-order chi connectivity index (χ0) is 20.2. The number of benzene rings is 1. The van der Waals surface area contributed by atoms with Gasteiger partial charge >= 0.3 is 16.3 Å². The van der Waals surface area contributed by atoms with Crippen LogP contribution in [0.1, 0.15) is 26.3 Å². The molecule has 0 bridgehead atoms. The first-order valence-electron chi connectivity index (χ1n) is 8.80. The molecule has 1 saturated heterocycles.